The van der Waals surface area contributed by atoms with Crippen molar-refractivity contribution >= 4 is 41.1 Å². The van der Waals surface area contributed by atoms with Gasteiger partial charge in [0, 0.05) is 5.69 Å². The van der Waals surface area contributed by atoms with Crippen LogP contribution in [0.5, 0.6) is 0 Å². The number of nitrogens with zero attached hydrogens (tertiary/aromatic N) is 1. The molecule has 0 radical (unpaired) electrons. The lowest BCUT2D eigenvalue weighted by molar-refractivity contribution is -0.135. The molecule has 2 aromatic carbocycles. The summed E-state index contributed by atoms with van der Waals surface area (Å²) in [6.07, 6.45) is 2.92. The van der Waals surface area contributed by atoms with Crippen molar-refractivity contribution in [2.24, 2.45) is 0 Å². The molecule has 34 heavy (non-hydrogen) atoms. The minimum atomic E-state index is -0.607. The Kier molecular flexibility index (Phi) is 7.83. The molecule has 1 amide bonds. The second-order valence-electron chi connectivity index (χ2n) is 8.67. The van der Waals surface area contributed by atoms with E-state index in [9.17, 15) is 18.8 Å². The molecule has 0 unspecified atom stereocenters. The third kappa shape index (κ3) is 6.51. The molecule has 0 fully saturated rings. The number of aromatic nitrogens is 1. The van der Waals surface area contributed by atoms with Gasteiger partial charge in [0.05, 0.1) is 17.2 Å². The lowest BCUT2D eigenvalue weighted by Crippen LogP contribution is -2.36. The monoisotopic (exact) mass is 482 g/mol. The van der Waals surface area contributed by atoms with Crippen LogP contribution >= 0.6 is 11.3 Å². The molecule has 0 saturated carbocycles. The van der Waals surface area contributed by atoms with Gasteiger partial charge < -0.3 is 10.1 Å². The van der Waals surface area contributed by atoms with E-state index >= 15 is 0 Å². The van der Waals surface area contributed by atoms with Crippen LogP contribution in [0.15, 0.2) is 53.3 Å². The summed E-state index contributed by atoms with van der Waals surface area (Å²) in [6, 6.07) is 13.3. The van der Waals surface area contributed by atoms with Gasteiger partial charge in [-0.1, -0.05) is 51.1 Å². The van der Waals surface area contributed by atoms with E-state index in [1.807, 2.05) is 24.3 Å². The Labute approximate surface area is 201 Å². The van der Waals surface area contributed by atoms with E-state index in [4.69, 9.17) is 4.74 Å². The quantitative estimate of drug-likeness (QED) is 0.548. The van der Waals surface area contributed by atoms with Crippen LogP contribution in [0, 0.1) is 5.82 Å². The summed E-state index contributed by atoms with van der Waals surface area (Å²) in [4.78, 5) is 37.8. The first-order chi connectivity index (χ1) is 16.1. The lowest BCUT2D eigenvalue weighted by Gasteiger charge is -2.18. The number of hydrogen-bond donors (Lipinski definition) is 1. The van der Waals surface area contributed by atoms with Crippen molar-refractivity contribution in [1.82, 2.24) is 4.57 Å². The fourth-order valence-electron chi connectivity index (χ4n) is 3.22. The number of halogens is 1. The molecular formula is C26H27FN2O4S. The molecule has 1 heterocycles. The highest BCUT2D eigenvalue weighted by Gasteiger charge is 2.14. The van der Waals surface area contributed by atoms with Crippen molar-refractivity contribution in [3.63, 3.8) is 0 Å². The van der Waals surface area contributed by atoms with Crippen molar-refractivity contribution in [1.29, 1.82) is 0 Å². The van der Waals surface area contributed by atoms with Gasteiger partial charge in [0.15, 0.2) is 0 Å². The molecule has 178 valence electrons. The average molecular weight is 483 g/mol. The van der Waals surface area contributed by atoms with E-state index in [-0.39, 0.29) is 28.9 Å². The van der Waals surface area contributed by atoms with Crippen LogP contribution in [0.2, 0.25) is 0 Å². The lowest BCUT2D eigenvalue weighted by atomic mass is 9.87. The van der Waals surface area contributed by atoms with Crippen LogP contribution in [0.25, 0.3) is 12.2 Å². The maximum absolute atomic E-state index is 13.4. The molecule has 1 aromatic heterocycles. The maximum atomic E-state index is 13.4. The Hall–Kier alpha value is -3.52. The van der Waals surface area contributed by atoms with Crippen molar-refractivity contribution in [2.75, 3.05) is 11.9 Å². The van der Waals surface area contributed by atoms with Gasteiger partial charge in [-0.05, 0) is 47.7 Å². The summed E-state index contributed by atoms with van der Waals surface area (Å²) < 4.78 is 20.3. The largest absolute Gasteiger partial charge is 0.463 e. The van der Waals surface area contributed by atoms with Gasteiger partial charge in [0.2, 0.25) is 5.91 Å². The molecule has 0 aliphatic heterocycles. The van der Waals surface area contributed by atoms with Gasteiger partial charge in [0.1, 0.15) is 17.0 Å². The zero-order valence-corrected chi connectivity index (χ0v) is 20.4. The molecule has 6 nitrogen and oxygen atoms in total. The molecule has 0 saturated heterocycles. The summed E-state index contributed by atoms with van der Waals surface area (Å²) in [5, 5.41) is 2.57. The molecule has 0 aliphatic rings. The first-order valence-corrected chi connectivity index (χ1v) is 11.6. The summed E-state index contributed by atoms with van der Waals surface area (Å²) in [5.74, 6) is -1.62. The number of hydrogen-bond acceptors (Lipinski definition) is 5. The number of amides is 1. The first kappa shape index (κ1) is 25.1. The molecule has 8 heteroatoms. The Morgan fingerprint density at radius 2 is 1.85 bits per heavy atom. The Morgan fingerprint density at radius 1 is 1.15 bits per heavy atom. The molecule has 0 spiro atoms. The number of benzene rings is 2. The second kappa shape index (κ2) is 10.6. The third-order valence-corrected chi connectivity index (χ3v) is 6.01. The zero-order chi connectivity index (χ0) is 24.9. The summed E-state index contributed by atoms with van der Waals surface area (Å²) >= 11 is 1.09. The minimum absolute atomic E-state index is 0.00494. The van der Waals surface area contributed by atoms with E-state index in [0.29, 0.717) is 4.53 Å². The van der Waals surface area contributed by atoms with Gasteiger partial charge in [0.25, 0.3) is 5.56 Å². The highest BCUT2D eigenvalue weighted by atomic mass is 32.1. The average Bonchev–Trinajstić information content (AvgIpc) is 3.02. The highest BCUT2D eigenvalue weighted by Crippen LogP contribution is 2.22. The number of carbonyl (C=O) groups excluding carboxylic acids is 2. The minimum Gasteiger partial charge on any atom is -0.463 e. The van der Waals surface area contributed by atoms with Crippen molar-refractivity contribution in [3.05, 3.63) is 85.0 Å². The SMILES string of the molecule is CCOC(=O)/C=c1/s/c(=C\c2ccc(C(C)(C)C)cc2)c(=O)n1CC(=O)Nc1cccc(F)c1. The fraction of sp³-hybridized carbons (Fsp3) is 0.269. The predicted molar refractivity (Wildman–Crippen MR) is 133 cm³/mol. The van der Waals surface area contributed by atoms with Gasteiger partial charge in [-0.2, -0.15) is 0 Å². The van der Waals surface area contributed by atoms with Crippen LogP contribution in [-0.4, -0.2) is 23.1 Å². The van der Waals surface area contributed by atoms with E-state index in [1.165, 1.54) is 34.4 Å². The van der Waals surface area contributed by atoms with Crippen molar-refractivity contribution < 1.29 is 18.7 Å². The number of esters is 1. The fourth-order valence-corrected chi connectivity index (χ4v) is 4.25. The number of ether oxygens (including phenoxy) is 1. The van der Waals surface area contributed by atoms with Gasteiger partial charge in [-0.25, -0.2) is 9.18 Å². The smallest absolute Gasteiger partial charge is 0.333 e. The van der Waals surface area contributed by atoms with Crippen LogP contribution < -0.4 is 20.1 Å². The topological polar surface area (TPSA) is 77.4 Å². The van der Waals surface area contributed by atoms with E-state index in [1.54, 1.807) is 19.1 Å². The van der Waals surface area contributed by atoms with E-state index < -0.39 is 23.3 Å². The number of thiazole rings is 1. The van der Waals surface area contributed by atoms with Gasteiger partial charge in [-0.3, -0.25) is 14.2 Å². The van der Waals surface area contributed by atoms with Crippen LogP contribution in [0.3, 0.4) is 0 Å². The van der Waals surface area contributed by atoms with Gasteiger partial charge in [-0.15, -0.1) is 11.3 Å². The highest BCUT2D eigenvalue weighted by molar-refractivity contribution is 7.07. The zero-order valence-electron chi connectivity index (χ0n) is 19.6. The van der Waals surface area contributed by atoms with Crippen molar-refractivity contribution in [2.45, 2.75) is 39.7 Å². The second-order valence-corrected chi connectivity index (χ2v) is 9.73. The van der Waals surface area contributed by atoms with Crippen LogP contribution in [0.1, 0.15) is 38.8 Å². The number of carbonyl (C=O) groups is 2. The Morgan fingerprint density at radius 3 is 2.47 bits per heavy atom. The van der Waals surface area contributed by atoms with E-state index in [2.05, 4.69) is 26.1 Å². The summed E-state index contributed by atoms with van der Waals surface area (Å²) in [5.41, 5.74) is 1.86. The van der Waals surface area contributed by atoms with Gasteiger partial charge >= 0.3 is 5.97 Å². The summed E-state index contributed by atoms with van der Waals surface area (Å²) in [7, 11) is 0. The van der Waals surface area contributed by atoms with E-state index in [0.717, 1.165) is 16.9 Å². The standard InChI is InChI=1S/C26H27FN2O4S/c1-5-33-24(31)15-23-29(16-22(30)28-20-8-6-7-19(27)14-20)25(32)21(34-23)13-17-9-11-18(12-10-17)26(2,3)4/h6-15H,5,16H2,1-4H3,(H,28,30)/b21-13-,23-15+. The molecule has 0 aliphatic carbocycles. The number of rotatable bonds is 6. The van der Waals surface area contributed by atoms with Crippen molar-refractivity contribution in [3.8, 4) is 0 Å². The van der Waals surface area contributed by atoms with Crippen LogP contribution in [-0.2, 0) is 26.3 Å². The molecule has 3 rings (SSSR count). The first-order valence-electron chi connectivity index (χ1n) is 10.8. The number of nitrogens with one attached hydrogen (secondary N) is 1. The normalized spacial score (nSPS) is 12.6. The van der Waals surface area contributed by atoms with Crippen LogP contribution in [0.4, 0.5) is 10.1 Å². The summed E-state index contributed by atoms with van der Waals surface area (Å²) in [6.45, 7) is 7.89. The molecule has 0 atom stereocenters. The Bertz CT molecular complexity index is 1370. The third-order valence-electron chi connectivity index (χ3n) is 4.95. The molecule has 3 aromatic rings. The molecule has 1 N–H and O–H groups in total. The molecular weight excluding hydrogens is 455 g/mol. The number of anilines is 1. The predicted octanol–water partition coefficient (Wildman–Crippen LogP) is 3.16. The molecule has 0 bridgehead atoms. The Balaban J connectivity index is 1.99. The maximum Gasteiger partial charge on any atom is 0.333 e.